The lowest BCUT2D eigenvalue weighted by molar-refractivity contribution is 0.112. The maximum absolute atomic E-state index is 11.5. The fourth-order valence-electron chi connectivity index (χ4n) is 3.35. The van der Waals surface area contributed by atoms with Crippen LogP contribution in [0, 0.1) is 6.92 Å². The Labute approximate surface area is 153 Å². The molecule has 7 nitrogen and oxygen atoms in total. The third kappa shape index (κ3) is 2.29. The monoisotopic (exact) mass is 364 g/mol. The van der Waals surface area contributed by atoms with Crippen molar-refractivity contribution >= 4 is 23.3 Å². The minimum Gasteiger partial charge on any atom is -0.298 e. The molecule has 26 heavy (non-hydrogen) atoms. The largest absolute Gasteiger partial charge is 0.298 e. The lowest BCUT2D eigenvalue weighted by Gasteiger charge is -2.23. The molecule has 1 saturated carbocycles. The molecule has 0 N–H and O–H groups in total. The number of hydrogen-bond donors (Lipinski definition) is 0. The van der Waals surface area contributed by atoms with Gasteiger partial charge in [-0.25, -0.2) is 4.98 Å². The second-order valence-electron chi connectivity index (χ2n) is 6.60. The quantitative estimate of drug-likeness (QED) is 0.519. The lowest BCUT2D eigenvalue weighted by Crippen LogP contribution is -2.16. The van der Waals surface area contributed by atoms with E-state index in [4.69, 9.17) is 0 Å². The van der Waals surface area contributed by atoms with Crippen LogP contribution in [0.3, 0.4) is 0 Å². The molecule has 5 rings (SSSR count). The first-order valence-corrected chi connectivity index (χ1v) is 9.38. The van der Waals surface area contributed by atoms with Crippen molar-refractivity contribution < 1.29 is 4.79 Å². The highest BCUT2D eigenvalue weighted by Crippen LogP contribution is 2.36. The Hall–Kier alpha value is -2.87. The third-order valence-electron chi connectivity index (χ3n) is 4.93. The van der Waals surface area contributed by atoms with Gasteiger partial charge in [-0.15, -0.1) is 16.4 Å². The van der Waals surface area contributed by atoms with E-state index < -0.39 is 0 Å². The first-order chi connectivity index (χ1) is 12.7. The van der Waals surface area contributed by atoms with Gasteiger partial charge < -0.3 is 0 Å². The molecule has 0 aliphatic heterocycles. The molecule has 0 spiro atoms. The summed E-state index contributed by atoms with van der Waals surface area (Å²) in [5.74, 6) is 1.22. The van der Waals surface area contributed by atoms with Gasteiger partial charge in [0, 0.05) is 22.6 Å². The van der Waals surface area contributed by atoms with Gasteiger partial charge in [-0.3, -0.25) is 9.20 Å². The molecular formula is C18H16N6OS. The van der Waals surface area contributed by atoms with E-state index in [1.54, 1.807) is 22.1 Å². The zero-order valence-electron chi connectivity index (χ0n) is 14.2. The molecule has 0 amide bonds. The van der Waals surface area contributed by atoms with Crippen molar-refractivity contribution in [1.82, 2.24) is 29.6 Å². The number of aryl methyl sites for hydroxylation is 1. The number of aromatic nitrogens is 6. The van der Waals surface area contributed by atoms with Gasteiger partial charge in [0.2, 0.25) is 0 Å². The number of rotatable bonds is 4. The first kappa shape index (κ1) is 15.4. The number of nitrogens with zero attached hydrogens (tertiary/aromatic N) is 6. The second-order valence-corrected chi connectivity index (χ2v) is 7.89. The molecular weight excluding hydrogens is 348 g/mol. The predicted molar refractivity (Wildman–Crippen MR) is 97.9 cm³/mol. The lowest BCUT2D eigenvalue weighted by atomic mass is 9.85. The second kappa shape index (κ2) is 5.84. The molecule has 0 bridgehead atoms. The molecule has 0 saturated heterocycles. The van der Waals surface area contributed by atoms with Gasteiger partial charge in [0.15, 0.2) is 17.8 Å². The summed E-state index contributed by atoms with van der Waals surface area (Å²) < 4.78 is 3.69. The van der Waals surface area contributed by atoms with Gasteiger partial charge >= 0.3 is 0 Å². The van der Waals surface area contributed by atoms with Gasteiger partial charge in [-0.2, -0.15) is 4.68 Å². The minimum atomic E-state index is 0.374. The normalized spacial score (nSPS) is 14.7. The Morgan fingerprint density at radius 2 is 2.19 bits per heavy atom. The van der Waals surface area contributed by atoms with E-state index in [1.807, 2.05) is 16.8 Å². The average molecular weight is 364 g/mol. The summed E-state index contributed by atoms with van der Waals surface area (Å²) in [6.07, 6.45) is 7.89. The van der Waals surface area contributed by atoms with Crippen LogP contribution in [-0.4, -0.2) is 35.9 Å². The number of thiophene rings is 1. The predicted octanol–water partition coefficient (Wildman–Crippen LogP) is 3.43. The molecule has 4 aromatic heterocycles. The molecule has 4 heterocycles. The molecule has 1 aliphatic rings. The molecule has 0 aromatic carbocycles. The summed E-state index contributed by atoms with van der Waals surface area (Å²) >= 11 is 1.70. The number of hydrogen-bond acceptors (Lipinski definition) is 6. The van der Waals surface area contributed by atoms with Crippen LogP contribution in [0.15, 0.2) is 30.6 Å². The number of aldehydes is 1. The summed E-state index contributed by atoms with van der Waals surface area (Å²) in [6.45, 7) is 2.08. The summed E-state index contributed by atoms with van der Waals surface area (Å²) in [4.78, 5) is 18.5. The Bertz CT molecular complexity index is 1120. The van der Waals surface area contributed by atoms with Crippen molar-refractivity contribution in [2.75, 3.05) is 0 Å². The number of carbonyl (C=O) groups excluding carboxylic acids is 1. The Kier molecular flexibility index (Phi) is 3.46. The molecule has 130 valence electrons. The Morgan fingerprint density at radius 1 is 1.31 bits per heavy atom. The van der Waals surface area contributed by atoms with E-state index >= 15 is 0 Å². The molecule has 0 atom stereocenters. The molecule has 4 aromatic rings. The van der Waals surface area contributed by atoms with Crippen LogP contribution in [0.4, 0.5) is 0 Å². The van der Waals surface area contributed by atoms with E-state index in [-0.39, 0.29) is 0 Å². The van der Waals surface area contributed by atoms with E-state index in [9.17, 15) is 4.79 Å². The molecule has 0 radical (unpaired) electrons. The van der Waals surface area contributed by atoms with E-state index in [0.29, 0.717) is 11.5 Å². The Balaban J connectivity index is 1.74. The van der Waals surface area contributed by atoms with Gasteiger partial charge in [-0.1, -0.05) is 6.42 Å². The summed E-state index contributed by atoms with van der Waals surface area (Å²) in [6, 6.07) is 5.96. The van der Waals surface area contributed by atoms with Crippen LogP contribution in [0.5, 0.6) is 0 Å². The van der Waals surface area contributed by atoms with Crippen LogP contribution >= 0.6 is 11.3 Å². The highest BCUT2D eigenvalue weighted by molar-refractivity contribution is 7.15. The zero-order valence-corrected chi connectivity index (χ0v) is 15.0. The van der Waals surface area contributed by atoms with Crippen molar-refractivity contribution in [3.8, 4) is 16.3 Å². The third-order valence-corrected chi connectivity index (χ3v) is 5.95. The van der Waals surface area contributed by atoms with Gasteiger partial charge in [0.1, 0.15) is 5.69 Å². The Morgan fingerprint density at radius 3 is 2.88 bits per heavy atom. The van der Waals surface area contributed by atoms with Crippen LogP contribution in [-0.2, 0) is 0 Å². The number of tetrazole rings is 1. The summed E-state index contributed by atoms with van der Waals surface area (Å²) in [5, 5.41) is 12.3. The zero-order chi connectivity index (χ0) is 17.7. The van der Waals surface area contributed by atoms with Crippen molar-refractivity contribution in [2.45, 2.75) is 32.1 Å². The smallest absolute Gasteiger partial charge is 0.163 e. The van der Waals surface area contributed by atoms with E-state index in [0.717, 1.165) is 46.9 Å². The first-order valence-electron chi connectivity index (χ1n) is 8.56. The fraction of sp³-hybridized carbons (Fsp3) is 0.278. The SMILES string of the molecule is Cc1ccc(-c2cnc3c(-n4nnnc4C4CCC4)cc(C=O)cn23)s1. The number of fused-ring (bicyclic) bond motifs is 1. The van der Waals surface area contributed by atoms with Gasteiger partial charge in [0.25, 0.3) is 0 Å². The topological polar surface area (TPSA) is 78.0 Å². The minimum absolute atomic E-state index is 0.374. The van der Waals surface area contributed by atoms with Crippen LogP contribution in [0.2, 0.25) is 0 Å². The molecule has 1 fully saturated rings. The van der Waals surface area contributed by atoms with Gasteiger partial charge in [-0.05, 0) is 48.4 Å². The molecule has 0 unspecified atom stereocenters. The molecule has 8 heteroatoms. The van der Waals surface area contributed by atoms with Crippen molar-refractivity contribution in [1.29, 1.82) is 0 Å². The van der Waals surface area contributed by atoms with Crippen LogP contribution in [0.1, 0.15) is 46.2 Å². The highest BCUT2D eigenvalue weighted by Gasteiger charge is 2.27. The van der Waals surface area contributed by atoms with Crippen LogP contribution in [0.25, 0.3) is 21.9 Å². The highest BCUT2D eigenvalue weighted by atomic mass is 32.1. The fourth-order valence-corrected chi connectivity index (χ4v) is 4.23. The summed E-state index contributed by atoms with van der Waals surface area (Å²) in [5.41, 5.74) is 3.00. The van der Waals surface area contributed by atoms with Crippen molar-refractivity contribution in [3.05, 3.63) is 46.9 Å². The van der Waals surface area contributed by atoms with Crippen LogP contribution < -0.4 is 0 Å². The maximum Gasteiger partial charge on any atom is 0.163 e. The maximum atomic E-state index is 11.5. The molecule has 1 aliphatic carbocycles. The average Bonchev–Trinajstić information content (AvgIpc) is 3.31. The number of pyridine rings is 1. The van der Waals surface area contributed by atoms with E-state index in [1.165, 1.54) is 11.3 Å². The van der Waals surface area contributed by atoms with E-state index in [2.05, 4.69) is 39.6 Å². The number of imidazole rings is 1. The number of carbonyl (C=O) groups is 1. The summed E-state index contributed by atoms with van der Waals surface area (Å²) in [7, 11) is 0. The van der Waals surface area contributed by atoms with Crippen molar-refractivity contribution in [2.24, 2.45) is 0 Å². The van der Waals surface area contributed by atoms with Gasteiger partial charge in [0.05, 0.1) is 16.8 Å². The van der Waals surface area contributed by atoms with Crippen molar-refractivity contribution in [3.63, 3.8) is 0 Å². The standard InChI is InChI=1S/C18H16N6OS/c1-11-5-6-16(26-11)15-8-19-18-14(7-12(10-25)9-23(15)18)24-17(20-21-22-24)13-3-2-4-13/h5-10,13H,2-4H2,1H3.